The normalized spacial score (nSPS) is 12.0. The highest BCUT2D eigenvalue weighted by molar-refractivity contribution is 6.00. The van der Waals surface area contributed by atoms with E-state index in [1.165, 1.54) is 5.56 Å². The number of aryl methyl sites for hydroxylation is 2. The van der Waals surface area contributed by atoms with Gasteiger partial charge >= 0.3 is 5.97 Å². The highest BCUT2D eigenvalue weighted by Crippen LogP contribution is 2.37. The first-order valence-corrected chi connectivity index (χ1v) is 16.7. The zero-order chi connectivity index (χ0) is 34.6. The van der Waals surface area contributed by atoms with Crippen LogP contribution in [0.3, 0.4) is 0 Å². The number of ether oxygens (including phenoxy) is 3. The van der Waals surface area contributed by atoms with Gasteiger partial charge in [0.05, 0.1) is 5.56 Å². The van der Waals surface area contributed by atoms with Crippen molar-refractivity contribution in [2.75, 3.05) is 0 Å². The van der Waals surface area contributed by atoms with Crippen molar-refractivity contribution in [3.8, 4) is 23.0 Å². The third kappa shape index (κ3) is 8.13. The maximum Gasteiger partial charge on any atom is 0.343 e. The molecule has 5 nitrogen and oxygen atoms in total. The van der Waals surface area contributed by atoms with Gasteiger partial charge in [0, 0.05) is 16.4 Å². The van der Waals surface area contributed by atoms with Crippen LogP contribution in [-0.4, -0.2) is 17.4 Å². The molecule has 0 unspecified atom stereocenters. The topological polar surface area (TPSA) is 61.8 Å². The summed E-state index contributed by atoms with van der Waals surface area (Å²) in [6, 6.07) is 26.4. The lowest BCUT2D eigenvalue weighted by Gasteiger charge is -2.31. The summed E-state index contributed by atoms with van der Waals surface area (Å²) in [4.78, 5) is 25.8. The van der Waals surface area contributed by atoms with Gasteiger partial charge in [0.1, 0.15) is 28.6 Å². The van der Waals surface area contributed by atoms with Gasteiger partial charge in [-0.05, 0) is 123 Å². The quantitative estimate of drug-likeness (QED) is 0.0832. The molecule has 0 saturated carbocycles. The molecule has 0 N–H and O–H groups in total. The van der Waals surface area contributed by atoms with Gasteiger partial charge in [-0.3, -0.25) is 4.79 Å². The van der Waals surface area contributed by atoms with Crippen molar-refractivity contribution in [2.24, 2.45) is 5.41 Å². The number of carbonyl (C=O) groups excluding carboxylic acids is 2. The Balaban J connectivity index is 1.41. The molecule has 0 aliphatic heterocycles. The van der Waals surface area contributed by atoms with Crippen LogP contribution in [0, 0.1) is 19.3 Å². The predicted octanol–water partition coefficient (Wildman–Crippen LogP) is 11.2. The molecule has 0 aromatic heterocycles. The molecule has 4 aromatic rings. The molecule has 0 atom stereocenters. The second-order valence-corrected chi connectivity index (χ2v) is 14.0. The minimum atomic E-state index is -0.439. The first kappa shape index (κ1) is 35.5. The minimum absolute atomic E-state index is 0.112. The molecule has 0 aliphatic rings. The summed E-state index contributed by atoms with van der Waals surface area (Å²) in [7, 11) is 0. The molecule has 0 radical (unpaired) electrons. The summed E-state index contributed by atoms with van der Waals surface area (Å²) in [5.41, 5.74) is 4.54. The summed E-state index contributed by atoms with van der Waals surface area (Å²) in [6.45, 7) is 20.9. The van der Waals surface area contributed by atoms with Crippen molar-refractivity contribution < 1.29 is 23.8 Å². The van der Waals surface area contributed by atoms with Gasteiger partial charge in [0.2, 0.25) is 0 Å². The summed E-state index contributed by atoms with van der Waals surface area (Å²) in [6.07, 6.45) is 2.67. The van der Waals surface area contributed by atoms with E-state index in [1.807, 2.05) is 39.8 Å². The van der Waals surface area contributed by atoms with E-state index in [-0.39, 0.29) is 16.8 Å². The van der Waals surface area contributed by atoms with E-state index in [1.54, 1.807) is 48.5 Å². The molecule has 0 bridgehead atoms. The van der Waals surface area contributed by atoms with Gasteiger partial charge < -0.3 is 14.2 Å². The Hall–Kier alpha value is -4.38. The fourth-order valence-corrected chi connectivity index (χ4v) is 5.31. The molecule has 0 spiro atoms. The van der Waals surface area contributed by atoms with Gasteiger partial charge in [-0.1, -0.05) is 72.7 Å². The fourth-order valence-electron chi connectivity index (χ4n) is 5.31. The number of ketones is 1. The number of benzene rings is 4. The maximum atomic E-state index is 13.1. The van der Waals surface area contributed by atoms with Crippen LogP contribution in [0.4, 0.5) is 0 Å². The zero-order valence-electron chi connectivity index (χ0n) is 29.7. The molecule has 47 heavy (non-hydrogen) atoms. The number of hydrogen-bond acceptors (Lipinski definition) is 5. The maximum absolute atomic E-state index is 13.1. The van der Waals surface area contributed by atoms with Crippen LogP contribution >= 0.6 is 0 Å². The zero-order valence-corrected chi connectivity index (χ0v) is 29.7. The predicted molar refractivity (Wildman–Crippen MR) is 190 cm³/mol. The van der Waals surface area contributed by atoms with E-state index in [9.17, 15) is 9.59 Å². The first-order valence-electron chi connectivity index (χ1n) is 16.7. The molecular formula is C42H50O5. The smallest absolute Gasteiger partial charge is 0.343 e. The van der Waals surface area contributed by atoms with E-state index in [0.29, 0.717) is 28.4 Å². The van der Waals surface area contributed by atoms with Crippen molar-refractivity contribution in [3.63, 3.8) is 0 Å². The SMILES string of the molecule is CCC(C)(CC)Oc1ccc(C(C)(C)c2ccc(OC(=O)c3ccc(Oc4ccc(C(=O)C(C)(C)CC)cc4)cc3)c(C)c2)cc1C. The Bertz CT molecular complexity index is 1710. The lowest BCUT2D eigenvalue weighted by atomic mass is 9.77. The second-order valence-electron chi connectivity index (χ2n) is 14.0. The Morgan fingerprint density at radius 3 is 1.51 bits per heavy atom. The van der Waals surface area contributed by atoms with Crippen molar-refractivity contribution in [3.05, 3.63) is 118 Å². The third-order valence-electron chi connectivity index (χ3n) is 9.79. The average molecular weight is 635 g/mol. The molecule has 0 heterocycles. The number of esters is 1. The van der Waals surface area contributed by atoms with Gasteiger partial charge in [0.15, 0.2) is 5.78 Å². The van der Waals surface area contributed by atoms with Gasteiger partial charge in [-0.25, -0.2) is 4.79 Å². The van der Waals surface area contributed by atoms with Crippen LogP contribution < -0.4 is 14.2 Å². The highest BCUT2D eigenvalue weighted by Gasteiger charge is 2.28. The van der Waals surface area contributed by atoms with E-state index in [4.69, 9.17) is 14.2 Å². The molecule has 5 heteroatoms. The highest BCUT2D eigenvalue weighted by atomic mass is 16.5. The molecule has 0 amide bonds. The van der Waals surface area contributed by atoms with Crippen LogP contribution in [0.15, 0.2) is 84.9 Å². The first-order chi connectivity index (χ1) is 22.1. The number of Topliss-reactive ketones (excluding diaryl/α,β-unsaturated/α-hetero) is 1. The van der Waals surface area contributed by atoms with Gasteiger partial charge in [-0.15, -0.1) is 0 Å². The van der Waals surface area contributed by atoms with Crippen molar-refractivity contribution in [1.82, 2.24) is 0 Å². The average Bonchev–Trinajstić information content (AvgIpc) is 3.06. The third-order valence-corrected chi connectivity index (χ3v) is 9.79. The Labute approximate surface area is 281 Å². The lowest BCUT2D eigenvalue weighted by molar-refractivity contribution is 0.0732. The van der Waals surface area contributed by atoms with E-state index in [0.717, 1.165) is 41.7 Å². The van der Waals surface area contributed by atoms with Gasteiger partial charge in [0.25, 0.3) is 0 Å². The van der Waals surface area contributed by atoms with Crippen LogP contribution in [0.25, 0.3) is 0 Å². The van der Waals surface area contributed by atoms with Gasteiger partial charge in [-0.2, -0.15) is 0 Å². The molecule has 0 fully saturated rings. The second kappa shape index (κ2) is 14.2. The van der Waals surface area contributed by atoms with Crippen molar-refractivity contribution in [2.45, 2.75) is 99.5 Å². The molecular weight excluding hydrogens is 584 g/mol. The number of rotatable bonds is 13. The van der Waals surface area contributed by atoms with Crippen LogP contribution in [0.2, 0.25) is 0 Å². The standard InChI is InChI=1S/C42H50O5/c1-11-40(6,7)38(43)30-14-20-34(21-15-30)45-35-22-16-31(17-23-35)39(44)46-36-24-18-32(26-28(36)4)41(8,9)33-19-25-37(29(5)27-33)47-42(10,12-2)13-3/h14-27H,11-13H2,1-10H3. The van der Waals surface area contributed by atoms with Crippen LogP contribution in [-0.2, 0) is 5.41 Å². The van der Waals surface area contributed by atoms with E-state index < -0.39 is 11.4 Å². The monoisotopic (exact) mass is 634 g/mol. The summed E-state index contributed by atoms with van der Waals surface area (Å²) in [5.74, 6) is 2.31. The molecule has 4 aromatic carbocycles. The summed E-state index contributed by atoms with van der Waals surface area (Å²) < 4.78 is 18.2. The fraction of sp³-hybridized carbons (Fsp3) is 0.381. The molecule has 4 rings (SSSR count). The molecule has 0 saturated heterocycles. The van der Waals surface area contributed by atoms with Crippen molar-refractivity contribution in [1.29, 1.82) is 0 Å². The van der Waals surface area contributed by atoms with E-state index >= 15 is 0 Å². The van der Waals surface area contributed by atoms with Crippen LogP contribution in [0.5, 0.6) is 23.0 Å². The Morgan fingerprint density at radius 1 is 0.596 bits per heavy atom. The number of carbonyl (C=O) groups is 2. The molecule has 248 valence electrons. The lowest BCUT2D eigenvalue weighted by Crippen LogP contribution is -2.30. The Morgan fingerprint density at radius 2 is 1.06 bits per heavy atom. The van der Waals surface area contributed by atoms with Crippen LogP contribution in [0.1, 0.15) is 118 Å². The van der Waals surface area contributed by atoms with E-state index in [2.05, 4.69) is 65.8 Å². The Kier molecular flexibility index (Phi) is 10.7. The largest absolute Gasteiger partial charge is 0.487 e. The molecule has 0 aliphatic carbocycles. The van der Waals surface area contributed by atoms with Crippen molar-refractivity contribution >= 4 is 11.8 Å². The summed E-state index contributed by atoms with van der Waals surface area (Å²) in [5, 5.41) is 0. The summed E-state index contributed by atoms with van der Waals surface area (Å²) >= 11 is 0. The minimum Gasteiger partial charge on any atom is -0.487 e. The number of hydrogen-bond donors (Lipinski definition) is 0.